The number of aliphatic hydroxyl groups is 1. The molecule has 204 valence electrons. The number of nitrogens with one attached hydrogen (secondary N) is 1. The van der Waals surface area contributed by atoms with Crippen molar-refractivity contribution in [1.29, 1.82) is 0 Å². The lowest BCUT2D eigenvalue weighted by atomic mass is 9.73. The number of halogens is 1. The zero-order valence-electron chi connectivity index (χ0n) is 22.9. The van der Waals surface area contributed by atoms with Crippen LogP contribution in [-0.4, -0.2) is 56.3 Å². The van der Waals surface area contributed by atoms with Gasteiger partial charge in [0, 0.05) is 39.1 Å². The Morgan fingerprint density at radius 2 is 2.00 bits per heavy atom. The molecule has 3 atom stereocenters. The van der Waals surface area contributed by atoms with Crippen molar-refractivity contribution in [3.8, 4) is 0 Å². The highest BCUT2D eigenvalue weighted by Gasteiger charge is 2.41. The molecule has 1 saturated carbocycles. The van der Waals surface area contributed by atoms with E-state index in [-0.39, 0.29) is 17.6 Å². The lowest BCUT2D eigenvalue weighted by Gasteiger charge is -2.43. The molecule has 0 spiro atoms. The Morgan fingerprint density at radius 1 is 1.22 bits per heavy atom. The smallest absolute Gasteiger partial charge is 0.222 e. The van der Waals surface area contributed by atoms with Gasteiger partial charge in [-0.15, -0.1) is 0 Å². The summed E-state index contributed by atoms with van der Waals surface area (Å²) in [6.07, 6.45) is 12.1. The number of hydrogen-bond acceptors (Lipinski definition) is 4. The molecule has 2 aliphatic rings. The highest BCUT2D eigenvalue weighted by atomic mass is 19.1. The van der Waals surface area contributed by atoms with Crippen LogP contribution < -0.4 is 5.32 Å². The number of likely N-dealkylation sites (tertiary alicyclic amines) is 1. The van der Waals surface area contributed by atoms with Gasteiger partial charge in [-0.3, -0.25) is 4.79 Å². The van der Waals surface area contributed by atoms with Gasteiger partial charge in [0.25, 0.3) is 0 Å². The molecule has 1 saturated heterocycles. The monoisotopic (exact) mass is 504 g/mol. The van der Waals surface area contributed by atoms with E-state index in [4.69, 9.17) is 4.74 Å². The van der Waals surface area contributed by atoms with Crippen molar-refractivity contribution in [2.45, 2.75) is 89.6 Å². The van der Waals surface area contributed by atoms with Gasteiger partial charge in [0.2, 0.25) is 5.91 Å². The molecule has 5 nitrogen and oxygen atoms in total. The number of ether oxygens (including phenoxy) is 1. The maximum absolute atomic E-state index is 14.5. The molecule has 1 aromatic rings. The fourth-order valence-corrected chi connectivity index (χ4v) is 6.48. The van der Waals surface area contributed by atoms with E-state index >= 15 is 0 Å². The van der Waals surface area contributed by atoms with Crippen molar-refractivity contribution in [1.82, 2.24) is 10.2 Å². The zero-order valence-corrected chi connectivity index (χ0v) is 22.9. The van der Waals surface area contributed by atoms with Crippen LogP contribution in [0, 0.1) is 30.5 Å². The normalized spacial score (nSPS) is 21.8. The van der Waals surface area contributed by atoms with Crippen LogP contribution in [0.15, 0.2) is 18.2 Å². The Labute approximate surface area is 218 Å². The Balaban J connectivity index is 1.70. The molecule has 0 radical (unpaired) electrons. The average molecular weight is 505 g/mol. The summed E-state index contributed by atoms with van der Waals surface area (Å²) in [5.41, 5.74) is 0.0513. The molecule has 1 heterocycles. The summed E-state index contributed by atoms with van der Waals surface area (Å²) >= 11 is 0. The third-order valence-corrected chi connectivity index (χ3v) is 8.63. The van der Waals surface area contributed by atoms with Gasteiger partial charge in [0.15, 0.2) is 0 Å². The molecule has 0 aromatic heterocycles. The Morgan fingerprint density at radius 3 is 2.69 bits per heavy atom. The number of nitrogens with zero attached hydrogens (tertiary/aromatic N) is 1. The Kier molecular flexibility index (Phi) is 11.7. The minimum Gasteiger partial charge on any atom is -0.385 e. The first-order valence-corrected chi connectivity index (χ1v) is 14.3. The summed E-state index contributed by atoms with van der Waals surface area (Å²) in [7, 11) is 3.65. The third-order valence-electron chi connectivity index (χ3n) is 8.63. The van der Waals surface area contributed by atoms with E-state index < -0.39 is 5.60 Å². The number of rotatable bonds is 13. The van der Waals surface area contributed by atoms with Crippen LogP contribution in [0.3, 0.4) is 0 Å². The predicted octanol–water partition coefficient (Wildman–Crippen LogP) is 5.57. The van der Waals surface area contributed by atoms with Crippen LogP contribution in [0.4, 0.5) is 4.39 Å². The second kappa shape index (κ2) is 14.4. The summed E-state index contributed by atoms with van der Waals surface area (Å²) in [4.78, 5) is 15.4. The van der Waals surface area contributed by atoms with E-state index in [1.807, 2.05) is 18.0 Å². The minimum atomic E-state index is -1.16. The largest absolute Gasteiger partial charge is 0.385 e. The summed E-state index contributed by atoms with van der Waals surface area (Å²) in [6.45, 7) is 4.53. The van der Waals surface area contributed by atoms with Crippen molar-refractivity contribution in [3.05, 3.63) is 35.1 Å². The maximum atomic E-state index is 14.5. The van der Waals surface area contributed by atoms with Crippen LogP contribution in [0.2, 0.25) is 0 Å². The van der Waals surface area contributed by atoms with Crippen LogP contribution >= 0.6 is 0 Å². The standard InChI is InChI=1S/C30H49FN2O3/c1-23-13-14-26(20-28(23)31)30(35,15-7-8-17-36-3)27-12-9-16-33(22-27)29(34)19-25(21-32-2)18-24-10-5-4-6-11-24/h13-14,20,24-25,27,32,35H,4-12,15-19,21-22H2,1-3H3/t25-,27-,30-/m1/s1. The van der Waals surface area contributed by atoms with Crippen LogP contribution in [-0.2, 0) is 15.1 Å². The van der Waals surface area contributed by atoms with Crippen LogP contribution in [0.25, 0.3) is 0 Å². The molecule has 0 bridgehead atoms. The second-order valence-electron chi connectivity index (χ2n) is 11.4. The molecule has 3 rings (SSSR count). The van der Waals surface area contributed by atoms with E-state index in [1.54, 1.807) is 20.1 Å². The molecule has 1 aromatic carbocycles. The number of aryl methyl sites for hydroxylation is 1. The topological polar surface area (TPSA) is 61.8 Å². The van der Waals surface area contributed by atoms with Gasteiger partial charge < -0.3 is 20.1 Å². The molecular weight excluding hydrogens is 455 g/mol. The first kappa shape index (κ1) is 29.1. The van der Waals surface area contributed by atoms with E-state index in [0.717, 1.165) is 51.1 Å². The van der Waals surface area contributed by atoms with Crippen molar-refractivity contribution in [2.75, 3.05) is 40.4 Å². The number of benzene rings is 1. The summed E-state index contributed by atoms with van der Waals surface area (Å²) in [5, 5.41) is 15.4. The van der Waals surface area contributed by atoms with E-state index in [0.29, 0.717) is 43.0 Å². The molecule has 1 aliphatic heterocycles. The van der Waals surface area contributed by atoms with Crippen LogP contribution in [0.1, 0.15) is 88.2 Å². The third kappa shape index (κ3) is 8.00. The van der Waals surface area contributed by atoms with Gasteiger partial charge in [-0.05, 0) is 88.1 Å². The van der Waals surface area contributed by atoms with Crippen molar-refractivity contribution in [2.24, 2.45) is 17.8 Å². The number of carbonyl (C=O) groups excluding carboxylic acids is 1. The van der Waals surface area contributed by atoms with Crippen LogP contribution in [0.5, 0.6) is 0 Å². The van der Waals surface area contributed by atoms with E-state index in [2.05, 4.69) is 5.32 Å². The number of hydrogen-bond donors (Lipinski definition) is 2. The molecule has 6 heteroatoms. The number of methoxy groups -OCH3 is 1. The zero-order chi connectivity index (χ0) is 26.0. The Hall–Kier alpha value is -1.50. The van der Waals surface area contributed by atoms with Gasteiger partial charge >= 0.3 is 0 Å². The maximum Gasteiger partial charge on any atom is 0.222 e. The predicted molar refractivity (Wildman–Crippen MR) is 143 cm³/mol. The molecule has 2 fully saturated rings. The van der Waals surface area contributed by atoms with Gasteiger partial charge in [0.1, 0.15) is 5.82 Å². The van der Waals surface area contributed by atoms with Crippen molar-refractivity contribution in [3.63, 3.8) is 0 Å². The lowest BCUT2D eigenvalue weighted by molar-refractivity contribution is -0.138. The van der Waals surface area contributed by atoms with E-state index in [9.17, 15) is 14.3 Å². The fourth-order valence-electron chi connectivity index (χ4n) is 6.48. The summed E-state index contributed by atoms with van der Waals surface area (Å²) in [6, 6.07) is 5.12. The van der Waals surface area contributed by atoms with Gasteiger partial charge in [-0.2, -0.15) is 0 Å². The minimum absolute atomic E-state index is 0.110. The first-order valence-electron chi connectivity index (χ1n) is 14.3. The fraction of sp³-hybridized carbons (Fsp3) is 0.767. The van der Waals surface area contributed by atoms with E-state index in [1.165, 1.54) is 38.2 Å². The molecule has 1 amide bonds. The molecule has 0 unspecified atom stereocenters. The quantitative estimate of drug-likeness (QED) is 0.345. The second-order valence-corrected chi connectivity index (χ2v) is 11.4. The van der Waals surface area contributed by atoms with Crippen molar-refractivity contribution >= 4 is 5.91 Å². The highest BCUT2D eigenvalue weighted by Crippen LogP contribution is 2.40. The molecule has 1 aliphatic carbocycles. The molecule has 36 heavy (non-hydrogen) atoms. The number of piperidine rings is 1. The molecule has 2 N–H and O–H groups in total. The highest BCUT2D eigenvalue weighted by molar-refractivity contribution is 5.76. The number of amides is 1. The van der Waals surface area contributed by atoms with Gasteiger partial charge in [-0.25, -0.2) is 4.39 Å². The van der Waals surface area contributed by atoms with Gasteiger partial charge in [0.05, 0.1) is 5.60 Å². The van der Waals surface area contributed by atoms with Crippen molar-refractivity contribution < 1.29 is 19.0 Å². The summed E-state index contributed by atoms with van der Waals surface area (Å²) < 4.78 is 19.7. The lowest BCUT2D eigenvalue weighted by Crippen LogP contribution is -2.48. The number of unbranched alkanes of at least 4 members (excludes halogenated alkanes) is 1. The summed E-state index contributed by atoms with van der Waals surface area (Å²) in [5.74, 6) is 0.899. The van der Waals surface area contributed by atoms with Gasteiger partial charge in [-0.1, -0.05) is 44.2 Å². The number of carbonyl (C=O) groups is 1. The Bertz CT molecular complexity index is 813. The average Bonchev–Trinajstić information content (AvgIpc) is 2.89. The first-order chi connectivity index (χ1) is 17.4. The SMILES string of the molecule is CNC[C@@H](CC(=O)N1CCC[C@@H]([C@@](O)(CCCCOC)c2ccc(C)c(F)c2)C1)CC1CCCCC1. The molecular formula is C30H49FN2O3.